The van der Waals surface area contributed by atoms with Gasteiger partial charge in [-0.25, -0.2) is 0 Å². The first-order valence-electron chi connectivity index (χ1n) is 5.18. The van der Waals surface area contributed by atoms with Gasteiger partial charge in [0.05, 0.1) is 6.54 Å². The Morgan fingerprint density at radius 1 is 1.23 bits per heavy atom. The van der Waals surface area contributed by atoms with Gasteiger partial charge in [-0.3, -0.25) is 9.69 Å². The van der Waals surface area contributed by atoms with Crippen molar-refractivity contribution in [3.63, 3.8) is 0 Å². The lowest BCUT2D eigenvalue weighted by Crippen LogP contribution is -2.37. The molecule has 0 saturated carbocycles. The second-order valence-corrected chi connectivity index (χ2v) is 3.90. The summed E-state index contributed by atoms with van der Waals surface area (Å²) in [6.07, 6.45) is 5.78. The Kier molecular flexibility index (Phi) is 2.83. The highest BCUT2D eigenvalue weighted by Gasteiger charge is 2.21. The summed E-state index contributed by atoms with van der Waals surface area (Å²) in [5.41, 5.74) is 0. The van der Waals surface area contributed by atoms with Gasteiger partial charge < -0.3 is 4.90 Å². The summed E-state index contributed by atoms with van der Waals surface area (Å²) in [5.74, 6) is 0.315. The van der Waals surface area contributed by atoms with Crippen molar-refractivity contribution in [2.45, 2.75) is 19.3 Å². The van der Waals surface area contributed by atoms with Gasteiger partial charge in [0.15, 0.2) is 0 Å². The van der Waals surface area contributed by atoms with E-state index in [-0.39, 0.29) is 0 Å². The van der Waals surface area contributed by atoms with E-state index < -0.39 is 0 Å². The molecule has 0 atom stereocenters. The monoisotopic (exact) mass is 181 g/mol. The fourth-order valence-electron chi connectivity index (χ4n) is 2.04. The van der Waals surface area contributed by atoms with Crippen LogP contribution in [0.15, 0.2) is 0 Å². The highest BCUT2D eigenvalue weighted by Crippen LogP contribution is 2.10. The van der Waals surface area contributed by atoms with E-state index in [2.05, 4.69) is 11.3 Å². The zero-order valence-corrected chi connectivity index (χ0v) is 8.04. The smallest absolute Gasteiger partial charge is 0.236 e. The van der Waals surface area contributed by atoms with Crippen molar-refractivity contribution in [2.24, 2.45) is 0 Å². The van der Waals surface area contributed by atoms with Crippen LogP contribution in [0.25, 0.3) is 0 Å². The maximum atomic E-state index is 11.7. The zero-order chi connectivity index (χ0) is 9.10. The minimum atomic E-state index is 0.315. The lowest BCUT2D eigenvalue weighted by Gasteiger charge is -2.19. The predicted octanol–water partition coefficient (Wildman–Crippen LogP) is 0.519. The fraction of sp³-hybridized carbons (Fsp3) is 0.800. The number of amides is 1. The normalized spacial score (nSPS) is 24.2. The van der Waals surface area contributed by atoms with Crippen LogP contribution >= 0.6 is 0 Å². The molecule has 2 aliphatic rings. The standard InChI is InChI=1S/C10H17N2O/c13-10(12-7-3-4-8-12)9-11-5-1-2-6-11/h3H,1-2,4-9H2. The fourth-order valence-corrected chi connectivity index (χ4v) is 2.04. The van der Waals surface area contributed by atoms with E-state index in [1.54, 1.807) is 0 Å². The largest absolute Gasteiger partial charge is 0.341 e. The molecule has 3 nitrogen and oxygen atoms in total. The molecule has 0 aromatic carbocycles. The predicted molar refractivity (Wildman–Crippen MR) is 51.2 cm³/mol. The van der Waals surface area contributed by atoms with Crippen LogP contribution in [0, 0.1) is 6.42 Å². The Hall–Kier alpha value is -0.570. The molecular formula is C10H17N2O. The average Bonchev–Trinajstić information content (AvgIpc) is 2.74. The van der Waals surface area contributed by atoms with Crippen LogP contribution in [0.1, 0.15) is 19.3 Å². The molecule has 0 N–H and O–H groups in total. The molecule has 1 amide bonds. The van der Waals surface area contributed by atoms with Crippen molar-refractivity contribution in [1.29, 1.82) is 0 Å². The van der Waals surface area contributed by atoms with Crippen LogP contribution in [0.3, 0.4) is 0 Å². The van der Waals surface area contributed by atoms with Crippen molar-refractivity contribution in [3.8, 4) is 0 Å². The van der Waals surface area contributed by atoms with Crippen molar-refractivity contribution in [2.75, 3.05) is 32.7 Å². The second kappa shape index (κ2) is 4.09. The molecule has 2 heterocycles. The summed E-state index contributed by atoms with van der Waals surface area (Å²) < 4.78 is 0. The van der Waals surface area contributed by atoms with Crippen LogP contribution in [-0.2, 0) is 4.79 Å². The first-order valence-corrected chi connectivity index (χ1v) is 5.18. The number of likely N-dealkylation sites (tertiary alicyclic amines) is 2. The van der Waals surface area contributed by atoms with E-state index >= 15 is 0 Å². The lowest BCUT2D eigenvalue weighted by molar-refractivity contribution is -0.130. The number of hydrogen-bond acceptors (Lipinski definition) is 2. The molecule has 2 rings (SSSR count). The summed E-state index contributed by atoms with van der Waals surface area (Å²) in [7, 11) is 0. The summed E-state index contributed by atoms with van der Waals surface area (Å²) in [4.78, 5) is 15.9. The van der Waals surface area contributed by atoms with Crippen molar-refractivity contribution < 1.29 is 4.79 Å². The molecule has 0 aromatic rings. The van der Waals surface area contributed by atoms with Gasteiger partial charge in [-0.1, -0.05) is 0 Å². The van der Waals surface area contributed by atoms with Gasteiger partial charge >= 0.3 is 0 Å². The van der Waals surface area contributed by atoms with Gasteiger partial charge in [0.1, 0.15) is 0 Å². The third-order valence-corrected chi connectivity index (χ3v) is 2.86. The third-order valence-electron chi connectivity index (χ3n) is 2.86. The van der Waals surface area contributed by atoms with E-state index in [1.807, 2.05) is 4.90 Å². The number of nitrogens with zero attached hydrogens (tertiary/aromatic N) is 2. The lowest BCUT2D eigenvalue weighted by atomic mass is 10.4. The maximum absolute atomic E-state index is 11.7. The Balaban J connectivity index is 1.76. The van der Waals surface area contributed by atoms with Crippen LogP contribution in [-0.4, -0.2) is 48.4 Å². The molecule has 0 aromatic heterocycles. The first-order chi connectivity index (χ1) is 6.36. The second-order valence-electron chi connectivity index (χ2n) is 3.90. The van der Waals surface area contributed by atoms with Crippen molar-refractivity contribution >= 4 is 5.91 Å². The van der Waals surface area contributed by atoms with Crippen molar-refractivity contribution in [3.05, 3.63) is 6.42 Å². The highest BCUT2D eigenvalue weighted by molar-refractivity contribution is 5.78. The SMILES string of the molecule is O=C(CN1CCCC1)N1C[CH]CC1. The molecule has 13 heavy (non-hydrogen) atoms. The minimum Gasteiger partial charge on any atom is -0.341 e. The van der Waals surface area contributed by atoms with Crippen LogP contribution in [0.5, 0.6) is 0 Å². The molecule has 2 saturated heterocycles. The zero-order valence-electron chi connectivity index (χ0n) is 8.04. The van der Waals surface area contributed by atoms with E-state index in [9.17, 15) is 4.79 Å². The topological polar surface area (TPSA) is 23.6 Å². The molecule has 3 heteroatoms. The van der Waals surface area contributed by atoms with Gasteiger partial charge in [-0.2, -0.15) is 0 Å². The summed E-state index contributed by atoms with van der Waals surface area (Å²) in [6, 6.07) is 0. The molecule has 0 aliphatic carbocycles. The molecule has 0 spiro atoms. The summed E-state index contributed by atoms with van der Waals surface area (Å²) >= 11 is 0. The first kappa shape index (κ1) is 9.00. The van der Waals surface area contributed by atoms with Crippen LogP contribution in [0.2, 0.25) is 0 Å². The van der Waals surface area contributed by atoms with Crippen molar-refractivity contribution in [1.82, 2.24) is 9.80 Å². The number of carbonyl (C=O) groups is 1. The van der Waals surface area contributed by atoms with Gasteiger partial charge in [-0.15, -0.1) is 0 Å². The minimum absolute atomic E-state index is 0.315. The molecule has 73 valence electrons. The number of hydrogen-bond donors (Lipinski definition) is 0. The Bertz CT molecular complexity index is 181. The van der Waals surface area contributed by atoms with Gasteiger partial charge in [0.2, 0.25) is 5.91 Å². The molecule has 0 bridgehead atoms. The number of carbonyl (C=O) groups excluding carboxylic acids is 1. The quantitative estimate of drug-likeness (QED) is 0.620. The van der Waals surface area contributed by atoms with E-state index in [0.717, 1.165) is 32.6 Å². The van der Waals surface area contributed by atoms with Gasteiger partial charge in [0, 0.05) is 13.1 Å². The van der Waals surface area contributed by atoms with Crippen LogP contribution < -0.4 is 0 Å². The van der Waals surface area contributed by atoms with Crippen LogP contribution in [0.4, 0.5) is 0 Å². The van der Waals surface area contributed by atoms with Gasteiger partial charge in [-0.05, 0) is 38.8 Å². The van der Waals surface area contributed by atoms with Gasteiger partial charge in [0.25, 0.3) is 0 Å². The molecule has 2 fully saturated rings. The number of rotatable bonds is 2. The maximum Gasteiger partial charge on any atom is 0.236 e. The highest BCUT2D eigenvalue weighted by atomic mass is 16.2. The average molecular weight is 181 g/mol. The van der Waals surface area contributed by atoms with E-state index in [0.29, 0.717) is 12.5 Å². The summed E-state index contributed by atoms with van der Waals surface area (Å²) in [5, 5.41) is 0. The Morgan fingerprint density at radius 2 is 2.00 bits per heavy atom. The van der Waals surface area contributed by atoms with E-state index in [1.165, 1.54) is 12.8 Å². The molecular weight excluding hydrogens is 164 g/mol. The van der Waals surface area contributed by atoms with E-state index in [4.69, 9.17) is 0 Å². The third kappa shape index (κ3) is 2.21. The Morgan fingerprint density at radius 3 is 2.62 bits per heavy atom. The summed E-state index contributed by atoms with van der Waals surface area (Å²) in [6.45, 7) is 4.68. The Labute approximate surface area is 79.7 Å². The molecule has 0 unspecified atom stereocenters. The molecule has 1 radical (unpaired) electrons. The molecule has 2 aliphatic heterocycles.